The molecular weight excluding hydrogens is 448 g/mol. The monoisotopic (exact) mass is 472 g/mol. The molecule has 2 aromatic rings. The molecule has 6 nitrogen and oxygen atoms in total. The standard InChI is InChI=1S/C23H25BrN2O4/c1-15(2)10-11-25-22(27)14-26-18-6-4-5-7-20(18)30-21(23(26)28)13-16-8-9-19(29-3)17(24)12-16/h4-9,12-13,15H,10-11,14H2,1-3H3,(H,25,27). The molecule has 0 unspecified atom stereocenters. The Hall–Kier alpha value is -2.80. The van der Waals surface area contributed by atoms with Crippen molar-refractivity contribution in [1.82, 2.24) is 5.32 Å². The van der Waals surface area contributed by atoms with E-state index in [-0.39, 0.29) is 24.1 Å². The number of hydrogen-bond acceptors (Lipinski definition) is 4. The molecule has 0 aromatic heterocycles. The van der Waals surface area contributed by atoms with Gasteiger partial charge in [0.15, 0.2) is 11.5 Å². The summed E-state index contributed by atoms with van der Waals surface area (Å²) >= 11 is 3.45. The van der Waals surface area contributed by atoms with Crippen LogP contribution in [0.3, 0.4) is 0 Å². The number of benzene rings is 2. The second-order valence-corrected chi connectivity index (χ2v) is 8.25. The maximum absolute atomic E-state index is 13.1. The number of fused-ring (bicyclic) bond motifs is 1. The fourth-order valence-electron chi connectivity index (χ4n) is 3.04. The van der Waals surface area contributed by atoms with Crippen LogP contribution in [0.15, 0.2) is 52.7 Å². The lowest BCUT2D eigenvalue weighted by molar-refractivity contribution is -0.123. The highest BCUT2D eigenvalue weighted by Gasteiger charge is 2.31. The molecule has 7 heteroatoms. The smallest absolute Gasteiger partial charge is 0.294 e. The van der Waals surface area contributed by atoms with Gasteiger partial charge in [0.25, 0.3) is 5.91 Å². The van der Waals surface area contributed by atoms with Crippen LogP contribution in [0.5, 0.6) is 11.5 Å². The third kappa shape index (κ3) is 5.21. The van der Waals surface area contributed by atoms with Gasteiger partial charge in [0.05, 0.1) is 17.3 Å². The van der Waals surface area contributed by atoms with Gasteiger partial charge < -0.3 is 14.8 Å². The first-order valence-electron chi connectivity index (χ1n) is 9.79. The summed E-state index contributed by atoms with van der Waals surface area (Å²) in [5, 5.41) is 2.88. The lowest BCUT2D eigenvalue weighted by Crippen LogP contribution is -2.44. The Morgan fingerprint density at radius 1 is 1.27 bits per heavy atom. The molecule has 158 valence electrons. The van der Waals surface area contributed by atoms with E-state index in [1.165, 1.54) is 4.90 Å². The van der Waals surface area contributed by atoms with E-state index in [9.17, 15) is 9.59 Å². The molecule has 0 atom stereocenters. The van der Waals surface area contributed by atoms with Crippen molar-refractivity contribution in [3.8, 4) is 11.5 Å². The third-order valence-corrected chi connectivity index (χ3v) is 5.27. The van der Waals surface area contributed by atoms with Gasteiger partial charge in [-0.2, -0.15) is 0 Å². The maximum atomic E-state index is 13.1. The average Bonchev–Trinajstić information content (AvgIpc) is 2.71. The molecule has 2 aromatic carbocycles. The average molecular weight is 473 g/mol. The molecule has 1 N–H and O–H groups in total. The van der Waals surface area contributed by atoms with Gasteiger partial charge >= 0.3 is 0 Å². The summed E-state index contributed by atoms with van der Waals surface area (Å²) in [6, 6.07) is 12.7. The molecule has 1 aliphatic rings. The van der Waals surface area contributed by atoms with Crippen LogP contribution in [0.25, 0.3) is 6.08 Å². The first-order valence-corrected chi connectivity index (χ1v) is 10.6. The van der Waals surface area contributed by atoms with Crippen molar-refractivity contribution < 1.29 is 19.1 Å². The number of carbonyl (C=O) groups excluding carboxylic acids is 2. The Kier molecular flexibility index (Phi) is 7.15. The number of ether oxygens (including phenoxy) is 2. The van der Waals surface area contributed by atoms with Crippen LogP contribution in [0.1, 0.15) is 25.8 Å². The zero-order chi connectivity index (χ0) is 21.7. The van der Waals surface area contributed by atoms with E-state index in [0.29, 0.717) is 29.6 Å². The minimum Gasteiger partial charge on any atom is -0.496 e. The Morgan fingerprint density at radius 2 is 2.03 bits per heavy atom. The lowest BCUT2D eigenvalue weighted by Gasteiger charge is -2.30. The lowest BCUT2D eigenvalue weighted by atomic mass is 10.1. The Balaban J connectivity index is 1.85. The summed E-state index contributed by atoms with van der Waals surface area (Å²) in [5.41, 5.74) is 1.35. The Morgan fingerprint density at radius 3 is 2.73 bits per heavy atom. The van der Waals surface area contributed by atoms with Gasteiger partial charge in [0, 0.05) is 6.54 Å². The number of amides is 2. The van der Waals surface area contributed by atoms with Gasteiger partial charge in [-0.15, -0.1) is 0 Å². The van der Waals surface area contributed by atoms with Gasteiger partial charge in [-0.05, 0) is 64.2 Å². The molecule has 30 heavy (non-hydrogen) atoms. The summed E-state index contributed by atoms with van der Waals surface area (Å²) < 4.78 is 11.9. The number of nitrogens with one attached hydrogen (secondary N) is 1. The summed E-state index contributed by atoms with van der Waals surface area (Å²) in [6.07, 6.45) is 2.54. The number of hydrogen-bond donors (Lipinski definition) is 1. The van der Waals surface area contributed by atoms with Gasteiger partial charge in [-0.25, -0.2) is 0 Å². The number of methoxy groups -OCH3 is 1. The highest BCUT2D eigenvalue weighted by atomic mass is 79.9. The molecule has 0 fully saturated rings. The second-order valence-electron chi connectivity index (χ2n) is 7.40. The van der Waals surface area contributed by atoms with E-state index < -0.39 is 0 Å². The van der Waals surface area contributed by atoms with E-state index in [0.717, 1.165) is 16.5 Å². The quantitative estimate of drug-likeness (QED) is 0.606. The van der Waals surface area contributed by atoms with Crippen LogP contribution in [0.2, 0.25) is 0 Å². The first-order chi connectivity index (χ1) is 14.4. The van der Waals surface area contributed by atoms with Crippen molar-refractivity contribution in [3.63, 3.8) is 0 Å². The third-order valence-electron chi connectivity index (χ3n) is 4.65. The molecule has 0 aliphatic carbocycles. The molecule has 0 radical (unpaired) electrons. The van der Waals surface area contributed by atoms with Gasteiger partial charge in [-0.3, -0.25) is 14.5 Å². The minimum atomic E-state index is -0.361. The van der Waals surface area contributed by atoms with Crippen molar-refractivity contribution in [2.75, 3.05) is 25.1 Å². The first kappa shape index (κ1) is 21.9. The summed E-state index contributed by atoms with van der Waals surface area (Å²) in [5.74, 6) is 1.31. The maximum Gasteiger partial charge on any atom is 0.294 e. The number of halogens is 1. The molecule has 1 heterocycles. The van der Waals surface area contributed by atoms with Gasteiger partial charge in [0.2, 0.25) is 5.91 Å². The van der Waals surface area contributed by atoms with Crippen LogP contribution in [0.4, 0.5) is 5.69 Å². The van der Waals surface area contributed by atoms with Crippen molar-refractivity contribution in [1.29, 1.82) is 0 Å². The number of para-hydroxylation sites is 2. The number of anilines is 1. The molecule has 1 aliphatic heterocycles. The minimum absolute atomic E-state index is 0.0685. The molecular formula is C23H25BrN2O4. The van der Waals surface area contributed by atoms with Crippen LogP contribution in [-0.4, -0.2) is 32.0 Å². The van der Waals surface area contributed by atoms with Crippen molar-refractivity contribution >= 4 is 39.5 Å². The highest BCUT2D eigenvalue weighted by Crippen LogP contribution is 2.36. The molecule has 3 rings (SSSR count). The van der Waals surface area contributed by atoms with E-state index in [4.69, 9.17) is 9.47 Å². The van der Waals surface area contributed by atoms with Crippen molar-refractivity contribution in [2.24, 2.45) is 5.92 Å². The fourth-order valence-corrected chi connectivity index (χ4v) is 3.60. The summed E-state index contributed by atoms with van der Waals surface area (Å²) in [7, 11) is 1.59. The van der Waals surface area contributed by atoms with Gasteiger partial charge in [-0.1, -0.05) is 32.0 Å². The SMILES string of the molecule is COc1ccc(C=C2Oc3ccccc3N(CC(=O)NCCC(C)C)C2=O)cc1Br. The van der Waals surface area contributed by atoms with Crippen LogP contribution < -0.4 is 19.7 Å². The summed E-state index contributed by atoms with van der Waals surface area (Å²) in [4.78, 5) is 27.0. The Labute approximate surface area is 185 Å². The van der Waals surface area contributed by atoms with Crippen LogP contribution in [-0.2, 0) is 9.59 Å². The van der Waals surface area contributed by atoms with Crippen molar-refractivity contribution in [2.45, 2.75) is 20.3 Å². The van der Waals surface area contributed by atoms with Crippen molar-refractivity contribution in [3.05, 3.63) is 58.3 Å². The largest absolute Gasteiger partial charge is 0.496 e. The predicted molar refractivity (Wildman–Crippen MR) is 121 cm³/mol. The van der Waals surface area contributed by atoms with Gasteiger partial charge in [0.1, 0.15) is 12.3 Å². The second kappa shape index (κ2) is 9.80. The highest BCUT2D eigenvalue weighted by molar-refractivity contribution is 9.10. The van der Waals surface area contributed by atoms with E-state index in [1.807, 2.05) is 24.3 Å². The Bertz CT molecular complexity index is 971. The molecule has 0 spiro atoms. The normalized spacial score (nSPS) is 14.5. The number of carbonyl (C=O) groups is 2. The fraction of sp³-hybridized carbons (Fsp3) is 0.304. The molecule has 0 bridgehead atoms. The molecule has 0 saturated heterocycles. The zero-order valence-corrected chi connectivity index (χ0v) is 18.9. The molecule has 2 amide bonds. The zero-order valence-electron chi connectivity index (χ0n) is 17.3. The predicted octanol–water partition coefficient (Wildman–Crippen LogP) is 4.39. The van der Waals surface area contributed by atoms with Crippen LogP contribution in [0, 0.1) is 5.92 Å². The van der Waals surface area contributed by atoms with E-state index >= 15 is 0 Å². The van der Waals surface area contributed by atoms with Crippen LogP contribution >= 0.6 is 15.9 Å². The number of rotatable bonds is 7. The van der Waals surface area contributed by atoms with E-state index in [1.54, 1.807) is 31.4 Å². The topological polar surface area (TPSA) is 67.9 Å². The summed E-state index contributed by atoms with van der Waals surface area (Å²) in [6.45, 7) is 4.71. The number of nitrogens with zero attached hydrogens (tertiary/aromatic N) is 1. The van der Waals surface area contributed by atoms with E-state index in [2.05, 4.69) is 35.1 Å². The molecule has 0 saturated carbocycles.